The minimum absolute atomic E-state index is 0.124. The minimum Gasteiger partial charge on any atom is -0.381 e. The molecule has 30 heavy (non-hydrogen) atoms. The highest BCUT2D eigenvalue weighted by molar-refractivity contribution is 5.97. The standard InChI is InChI=1S/C21H26F3N3O3/c1-13(2)27-17-5-4-15(10-16(17)25-19(27)21(22,23)24)18(28)26-11-14(3)30-20(12-26)6-8-29-9-7-20/h4-5,10,13-14H,6-9,11-12H2,1-3H3. The van der Waals surface area contributed by atoms with Crippen molar-refractivity contribution in [1.82, 2.24) is 14.5 Å². The second kappa shape index (κ2) is 7.53. The lowest BCUT2D eigenvalue weighted by atomic mass is 9.91. The van der Waals surface area contributed by atoms with Crippen LogP contribution in [0.15, 0.2) is 18.2 Å². The lowest BCUT2D eigenvalue weighted by Gasteiger charge is -2.47. The Morgan fingerprint density at radius 1 is 1.27 bits per heavy atom. The lowest BCUT2D eigenvalue weighted by molar-refractivity contribution is -0.176. The number of alkyl halides is 3. The third-order valence-corrected chi connectivity index (χ3v) is 5.81. The number of hydrogen-bond donors (Lipinski definition) is 0. The third-order valence-electron chi connectivity index (χ3n) is 5.81. The van der Waals surface area contributed by atoms with E-state index in [4.69, 9.17) is 9.47 Å². The van der Waals surface area contributed by atoms with Crippen molar-refractivity contribution in [2.24, 2.45) is 0 Å². The zero-order chi connectivity index (χ0) is 21.7. The Labute approximate surface area is 172 Å². The first-order valence-corrected chi connectivity index (χ1v) is 10.2. The van der Waals surface area contributed by atoms with E-state index in [1.54, 1.807) is 30.9 Å². The second-order valence-electron chi connectivity index (χ2n) is 8.51. The van der Waals surface area contributed by atoms with E-state index in [0.29, 0.717) is 50.2 Å². The first kappa shape index (κ1) is 21.1. The predicted molar refractivity (Wildman–Crippen MR) is 104 cm³/mol. The van der Waals surface area contributed by atoms with Gasteiger partial charge in [-0.05, 0) is 39.0 Å². The summed E-state index contributed by atoms with van der Waals surface area (Å²) in [5.41, 5.74) is 0.452. The SMILES string of the molecule is CC1CN(C(=O)c2ccc3c(c2)nc(C(F)(F)F)n3C(C)C)CC2(CCOCC2)O1. The first-order chi connectivity index (χ1) is 14.1. The summed E-state index contributed by atoms with van der Waals surface area (Å²) < 4.78 is 53.1. The second-order valence-corrected chi connectivity index (χ2v) is 8.51. The van der Waals surface area contributed by atoms with Crippen LogP contribution < -0.4 is 0 Å². The summed E-state index contributed by atoms with van der Waals surface area (Å²) in [6.45, 7) is 7.36. The van der Waals surface area contributed by atoms with Gasteiger partial charge < -0.3 is 18.9 Å². The van der Waals surface area contributed by atoms with Gasteiger partial charge in [0.25, 0.3) is 5.91 Å². The zero-order valence-corrected chi connectivity index (χ0v) is 17.3. The summed E-state index contributed by atoms with van der Waals surface area (Å²) in [6, 6.07) is 4.19. The normalized spacial score (nSPS) is 22.2. The molecule has 0 bridgehead atoms. The Bertz CT molecular complexity index is 948. The molecule has 1 unspecified atom stereocenters. The molecule has 9 heteroatoms. The third kappa shape index (κ3) is 3.80. The van der Waals surface area contributed by atoms with E-state index in [1.165, 1.54) is 6.07 Å². The van der Waals surface area contributed by atoms with E-state index in [0.717, 1.165) is 4.57 Å². The molecule has 1 atom stereocenters. The van der Waals surface area contributed by atoms with Crippen molar-refractivity contribution >= 4 is 16.9 Å². The van der Waals surface area contributed by atoms with Crippen molar-refractivity contribution in [3.63, 3.8) is 0 Å². The largest absolute Gasteiger partial charge is 0.449 e. The van der Waals surface area contributed by atoms with Gasteiger partial charge in [-0.25, -0.2) is 4.98 Å². The van der Waals surface area contributed by atoms with E-state index in [-0.39, 0.29) is 17.5 Å². The Morgan fingerprint density at radius 2 is 1.97 bits per heavy atom. The number of halogens is 3. The topological polar surface area (TPSA) is 56.6 Å². The van der Waals surface area contributed by atoms with E-state index in [2.05, 4.69) is 4.98 Å². The molecule has 4 rings (SSSR count). The smallest absolute Gasteiger partial charge is 0.381 e. The fourth-order valence-electron chi connectivity index (χ4n) is 4.54. The predicted octanol–water partition coefficient (Wildman–Crippen LogP) is 4.05. The highest BCUT2D eigenvalue weighted by atomic mass is 19.4. The molecule has 2 aromatic rings. The summed E-state index contributed by atoms with van der Waals surface area (Å²) in [5.74, 6) is -1.16. The molecule has 1 aromatic heterocycles. The Balaban J connectivity index is 1.66. The molecular formula is C21H26F3N3O3. The molecule has 2 aliphatic heterocycles. The molecular weight excluding hydrogens is 399 g/mol. The fourth-order valence-corrected chi connectivity index (χ4v) is 4.54. The van der Waals surface area contributed by atoms with Gasteiger partial charge in [0.2, 0.25) is 5.82 Å². The summed E-state index contributed by atoms with van der Waals surface area (Å²) in [6.07, 6.45) is -3.26. The molecule has 1 amide bonds. The average molecular weight is 425 g/mol. The number of imidazole rings is 1. The Morgan fingerprint density at radius 3 is 2.60 bits per heavy atom. The van der Waals surface area contributed by atoms with Crippen LogP contribution in [0.25, 0.3) is 11.0 Å². The molecule has 0 radical (unpaired) electrons. The van der Waals surface area contributed by atoms with E-state index in [9.17, 15) is 18.0 Å². The van der Waals surface area contributed by atoms with Crippen molar-refractivity contribution < 1.29 is 27.4 Å². The van der Waals surface area contributed by atoms with E-state index >= 15 is 0 Å². The van der Waals surface area contributed by atoms with Gasteiger partial charge in [0.15, 0.2) is 0 Å². The maximum Gasteiger partial charge on any atom is 0.449 e. The number of rotatable bonds is 2. The Hall–Kier alpha value is -2.13. The summed E-state index contributed by atoms with van der Waals surface area (Å²) in [4.78, 5) is 18.8. The number of carbonyl (C=O) groups is 1. The number of benzene rings is 1. The Kier molecular flexibility index (Phi) is 5.30. The van der Waals surface area contributed by atoms with Gasteiger partial charge in [-0.2, -0.15) is 13.2 Å². The molecule has 6 nitrogen and oxygen atoms in total. The number of morpholine rings is 1. The molecule has 1 spiro atoms. The molecule has 0 aliphatic carbocycles. The van der Waals surface area contributed by atoms with Crippen molar-refractivity contribution in [3.8, 4) is 0 Å². The maximum atomic E-state index is 13.5. The highest BCUT2D eigenvalue weighted by Gasteiger charge is 2.42. The van der Waals surface area contributed by atoms with Crippen LogP contribution in [0.3, 0.4) is 0 Å². The molecule has 2 aliphatic rings. The summed E-state index contributed by atoms with van der Waals surface area (Å²) in [7, 11) is 0. The van der Waals surface area contributed by atoms with Gasteiger partial charge in [0.05, 0.1) is 29.3 Å². The summed E-state index contributed by atoms with van der Waals surface area (Å²) in [5, 5.41) is 0. The molecule has 1 aromatic carbocycles. The van der Waals surface area contributed by atoms with Crippen LogP contribution >= 0.6 is 0 Å². The minimum atomic E-state index is -4.57. The van der Waals surface area contributed by atoms with Gasteiger partial charge in [0, 0.05) is 44.2 Å². The van der Waals surface area contributed by atoms with Crippen LogP contribution in [0.1, 0.15) is 55.8 Å². The van der Waals surface area contributed by atoms with Gasteiger partial charge in [-0.15, -0.1) is 0 Å². The number of hydrogen-bond acceptors (Lipinski definition) is 4. The van der Waals surface area contributed by atoms with Crippen LogP contribution in [0.2, 0.25) is 0 Å². The van der Waals surface area contributed by atoms with Crippen LogP contribution in [-0.4, -0.2) is 58.4 Å². The van der Waals surface area contributed by atoms with Crippen molar-refractivity contribution in [2.45, 2.75) is 57.5 Å². The van der Waals surface area contributed by atoms with Crippen LogP contribution in [0, 0.1) is 0 Å². The summed E-state index contributed by atoms with van der Waals surface area (Å²) >= 11 is 0. The highest BCUT2D eigenvalue weighted by Crippen LogP contribution is 2.35. The quantitative estimate of drug-likeness (QED) is 0.729. The lowest BCUT2D eigenvalue weighted by Crippen LogP contribution is -2.58. The zero-order valence-electron chi connectivity index (χ0n) is 17.3. The van der Waals surface area contributed by atoms with Gasteiger partial charge >= 0.3 is 6.18 Å². The number of fused-ring (bicyclic) bond motifs is 1. The number of amides is 1. The van der Waals surface area contributed by atoms with Crippen LogP contribution in [0.5, 0.6) is 0 Å². The number of nitrogens with zero attached hydrogens (tertiary/aromatic N) is 3. The van der Waals surface area contributed by atoms with Gasteiger partial charge in [-0.1, -0.05) is 0 Å². The fraction of sp³-hybridized carbons (Fsp3) is 0.619. The number of aromatic nitrogens is 2. The van der Waals surface area contributed by atoms with E-state index in [1.807, 2.05) is 6.92 Å². The van der Waals surface area contributed by atoms with Crippen molar-refractivity contribution in [1.29, 1.82) is 0 Å². The van der Waals surface area contributed by atoms with Gasteiger partial charge in [0.1, 0.15) is 0 Å². The van der Waals surface area contributed by atoms with Crippen LogP contribution in [0.4, 0.5) is 13.2 Å². The molecule has 2 saturated heterocycles. The van der Waals surface area contributed by atoms with Crippen LogP contribution in [-0.2, 0) is 15.7 Å². The maximum absolute atomic E-state index is 13.5. The molecule has 164 valence electrons. The first-order valence-electron chi connectivity index (χ1n) is 10.2. The molecule has 0 N–H and O–H groups in total. The van der Waals surface area contributed by atoms with Crippen molar-refractivity contribution in [3.05, 3.63) is 29.6 Å². The average Bonchev–Trinajstić information content (AvgIpc) is 3.07. The van der Waals surface area contributed by atoms with Gasteiger partial charge in [-0.3, -0.25) is 4.79 Å². The number of carbonyl (C=O) groups excluding carboxylic acids is 1. The molecule has 0 saturated carbocycles. The van der Waals surface area contributed by atoms with E-state index < -0.39 is 23.6 Å². The molecule has 2 fully saturated rings. The monoisotopic (exact) mass is 425 g/mol. The van der Waals surface area contributed by atoms with Crippen molar-refractivity contribution in [2.75, 3.05) is 26.3 Å². The molecule has 3 heterocycles. The number of ether oxygens (including phenoxy) is 2.